The maximum absolute atomic E-state index is 12.0. The maximum atomic E-state index is 12.0. The number of halogens is 2. The van der Waals surface area contributed by atoms with Gasteiger partial charge in [-0.1, -0.05) is 61.3 Å². The fourth-order valence-electron chi connectivity index (χ4n) is 2.62. The topological polar surface area (TPSA) is 96.7 Å². The molecule has 0 amide bonds. The molecule has 6 nitrogen and oxygen atoms in total. The van der Waals surface area contributed by atoms with Crippen molar-refractivity contribution >= 4 is 46.6 Å². The first-order chi connectivity index (χ1) is 12.8. The van der Waals surface area contributed by atoms with Crippen LogP contribution in [0.4, 0.5) is 17.6 Å². The van der Waals surface area contributed by atoms with Gasteiger partial charge in [-0.3, -0.25) is 4.79 Å². The smallest absolute Gasteiger partial charge is 0.248 e. The third-order valence-corrected chi connectivity index (χ3v) is 4.64. The Hall–Kier alpha value is -2.57. The Morgan fingerprint density at radius 2 is 1.93 bits per heavy atom. The molecule has 0 spiro atoms. The predicted molar refractivity (Wildman–Crippen MR) is 110 cm³/mol. The third kappa shape index (κ3) is 4.59. The molecule has 3 aromatic rings. The van der Waals surface area contributed by atoms with Gasteiger partial charge in [0.25, 0.3) is 0 Å². The molecule has 0 aliphatic rings. The summed E-state index contributed by atoms with van der Waals surface area (Å²) in [5.41, 5.74) is 8.64. The van der Waals surface area contributed by atoms with Gasteiger partial charge in [-0.05, 0) is 23.3 Å². The molecule has 0 bridgehead atoms. The van der Waals surface area contributed by atoms with Crippen LogP contribution in [0.25, 0.3) is 11.1 Å². The number of carbonyl (C=O) groups is 1. The number of hydrogen-bond donors (Lipinski definition) is 3. The van der Waals surface area contributed by atoms with Crippen molar-refractivity contribution < 1.29 is 4.79 Å². The second-order valence-corrected chi connectivity index (χ2v) is 7.30. The fraction of sp³-hybridized carbons (Fsp3) is 0.211. The maximum Gasteiger partial charge on any atom is 0.248 e. The van der Waals surface area contributed by atoms with E-state index in [0.29, 0.717) is 33.7 Å². The van der Waals surface area contributed by atoms with Crippen LogP contribution in [0, 0.1) is 5.92 Å². The Labute approximate surface area is 167 Å². The van der Waals surface area contributed by atoms with E-state index in [1.165, 1.54) is 0 Å². The van der Waals surface area contributed by atoms with E-state index >= 15 is 0 Å². The number of carbonyl (C=O) groups excluding carboxylic acids is 1. The molecule has 1 heterocycles. The average molecular weight is 404 g/mol. The minimum absolute atomic E-state index is 0.00382. The number of aromatic nitrogens is 3. The molecule has 0 saturated heterocycles. The number of aromatic amines is 1. The second-order valence-electron chi connectivity index (χ2n) is 6.48. The first-order valence-electron chi connectivity index (χ1n) is 8.39. The van der Waals surface area contributed by atoms with Crippen molar-refractivity contribution in [1.82, 2.24) is 15.2 Å². The number of hydrogen-bond acceptors (Lipinski definition) is 5. The lowest BCUT2D eigenvalue weighted by Gasteiger charge is -2.12. The van der Waals surface area contributed by atoms with Crippen LogP contribution < -0.4 is 11.1 Å². The molecule has 27 heavy (non-hydrogen) atoms. The predicted octanol–water partition coefficient (Wildman–Crippen LogP) is 4.87. The summed E-state index contributed by atoms with van der Waals surface area (Å²) in [6.07, 6.45) is 0.382. The molecule has 0 saturated carbocycles. The van der Waals surface area contributed by atoms with Crippen molar-refractivity contribution in [3.05, 3.63) is 52.0 Å². The number of H-pyrrole nitrogens is 1. The van der Waals surface area contributed by atoms with E-state index in [2.05, 4.69) is 20.5 Å². The van der Waals surface area contributed by atoms with Gasteiger partial charge in [-0.2, -0.15) is 4.98 Å². The number of anilines is 3. The van der Waals surface area contributed by atoms with Crippen LogP contribution >= 0.6 is 23.2 Å². The summed E-state index contributed by atoms with van der Waals surface area (Å²) < 4.78 is 0. The zero-order valence-corrected chi connectivity index (χ0v) is 16.4. The largest absolute Gasteiger partial charge is 0.368 e. The monoisotopic (exact) mass is 403 g/mol. The Balaban J connectivity index is 1.89. The van der Waals surface area contributed by atoms with E-state index in [4.69, 9.17) is 28.9 Å². The van der Waals surface area contributed by atoms with E-state index in [0.717, 1.165) is 11.1 Å². The summed E-state index contributed by atoms with van der Waals surface area (Å²) in [6, 6.07) is 11.2. The van der Waals surface area contributed by atoms with Gasteiger partial charge in [-0.25, -0.2) is 5.10 Å². The highest BCUT2D eigenvalue weighted by Gasteiger charge is 2.14. The molecule has 1 aromatic heterocycles. The summed E-state index contributed by atoms with van der Waals surface area (Å²) >= 11 is 13.0. The van der Waals surface area contributed by atoms with Crippen LogP contribution in [0.5, 0.6) is 0 Å². The van der Waals surface area contributed by atoms with Gasteiger partial charge in [0.15, 0.2) is 0 Å². The van der Waals surface area contributed by atoms with E-state index in [9.17, 15) is 4.79 Å². The molecular weight excluding hydrogens is 385 g/mol. The number of nitrogens with two attached hydrogens (primary N) is 1. The molecule has 140 valence electrons. The van der Waals surface area contributed by atoms with Crippen molar-refractivity contribution in [2.75, 3.05) is 11.1 Å². The van der Waals surface area contributed by atoms with Crippen molar-refractivity contribution in [3.8, 4) is 11.1 Å². The van der Waals surface area contributed by atoms with Crippen LogP contribution in [-0.4, -0.2) is 21.0 Å². The zero-order valence-electron chi connectivity index (χ0n) is 14.9. The minimum Gasteiger partial charge on any atom is -0.368 e. The molecule has 0 fully saturated rings. The van der Waals surface area contributed by atoms with E-state index in [1.54, 1.807) is 12.1 Å². The first-order valence-corrected chi connectivity index (χ1v) is 9.15. The van der Waals surface area contributed by atoms with E-state index in [-0.39, 0.29) is 17.6 Å². The van der Waals surface area contributed by atoms with Crippen LogP contribution in [0.2, 0.25) is 10.0 Å². The number of rotatable bonds is 6. The van der Waals surface area contributed by atoms with Gasteiger partial charge in [-0.15, -0.1) is 5.10 Å². The van der Waals surface area contributed by atoms with E-state index < -0.39 is 0 Å². The number of ketones is 1. The molecule has 0 radical (unpaired) electrons. The van der Waals surface area contributed by atoms with Gasteiger partial charge in [0, 0.05) is 23.6 Å². The summed E-state index contributed by atoms with van der Waals surface area (Å²) in [7, 11) is 0. The van der Waals surface area contributed by atoms with Crippen LogP contribution in [0.1, 0.15) is 19.4 Å². The highest BCUT2D eigenvalue weighted by molar-refractivity contribution is 6.39. The lowest BCUT2D eigenvalue weighted by Crippen LogP contribution is -2.10. The average Bonchev–Trinajstić information content (AvgIpc) is 2.99. The number of Topliss-reactive ketones (excluding diaryl/α,β-unsaturated/α-hetero) is 1. The van der Waals surface area contributed by atoms with Crippen molar-refractivity contribution in [1.29, 1.82) is 0 Å². The van der Waals surface area contributed by atoms with Crippen LogP contribution in [0.15, 0.2) is 36.4 Å². The summed E-state index contributed by atoms with van der Waals surface area (Å²) in [5, 5.41) is 10.4. The van der Waals surface area contributed by atoms with Crippen LogP contribution in [-0.2, 0) is 11.2 Å². The number of nitrogens with zero attached hydrogens (tertiary/aromatic N) is 2. The van der Waals surface area contributed by atoms with Crippen molar-refractivity contribution in [2.24, 2.45) is 5.92 Å². The standard InChI is InChI=1S/C19H19Cl2N5O/c1-10(2)16(27)7-11-4-3-5-12(6-11)17-14(20)8-13(9-15(17)21)23-19-24-18(22)25-26-19/h3-6,8-10H,7H2,1-2H3,(H4,22,23,24,25,26). The molecular formula is C19H19Cl2N5O. The van der Waals surface area contributed by atoms with Gasteiger partial charge < -0.3 is 11.1 Å². The summed E-state index contributed by atoms with van der Waals surface area (Å²) in [4.78, 5) is 16.0. The lowest BCUT2D eigenvalue weighted by molar-refractivity contribution is -0.121. The van der Waals surface area contributed by atoms with Gasteiger partial charge >= 0.3 is 0 Å². The molecule has 4 N–H and O–H groups in total. The minimum atomic E-state index is -0.00382. The molecule has 0 aliphatic heterocycles. The van der Waals surface area contributed by atoms with Gasteiger partial charge in [0.1, 0.15) is 5.78 Å². The number of nitrogen functional groups attached to an aromatic ring is 1. The molecule has 0 aliphatic carbocycles. The van der Waals surface area contributed by atoms with Crippen molar-refractivity contribution in [2.45, 2.75) is 20.3 Å². The summed E-state index contributed by atoms with van der Waals surface area (Å²) in [5.74, 6) is 0.714. The number of nitrogens with one attached hydrogen (secondary N) is 2. The highest BCUT2D eigenvalue weighted by atomic mass is 35.5. The summed E-state index contributed by atoms with van der Waals surface area (Å²) in [6.45, 7) is 3.79. The Morgan fingerprint density at radius 3 is 2.52 bits per heavy atom. The number of benzene rings is 2. The molecule has 0 atom stereocenters. The SMILES string of the molecule is CC(C)C(=O)Cc1cccc(-c2c(Cl)cc(Nc3n[nH]c(N)n3)cc2Cl)c1. The fourth-order valence-corrected chi connectivity index (χ4v) is 3.33. The quantitative estimate of drug-likeness (QED) is 0.545. The van der Waals surface area contributed by atoms with Gasteiger partial charge in [0.2, 0.25) is 11.9 Å². The van der Waals surface area contributed by atoms with Crippen molar-refractivity contribution in [3.63, 3.8) is 0 Å². The Bertz CT molecular complexity index is 961. The highest BCUT2D eigenvalue weighted by Crippen LogP contribution is 2.38. The van der Waals surface area contributed by atoms with Gasteiger partial charge in [0.05, 0.1) is 10.0 Å². The van der Waals surface area contributed by atoms with Crippen LogP contribution in [0.3, 0.4) is 0 Å². The Kier molecular flexibility index (Phi) is 5.68. The lowest BCUT2D eigenvalue weighted by atomic mass is 9.97. The molecule has 8 heteroatoms. The molecule has 3 rings (SSSR count). The molecule has 0 unspecified atom stereocenters. The second kappa shape index (κ2) is 7.98. The Morgan fingerprint density at radius 1 is 1.22 bits per heavy atom. The third-order valence-electron chi connectivity index (χ3n) is 4.04. The molecule has 2 aromatic carbocycles. The normalized spacial score (nSPS) is 11.0. The van der Waals surface area contributed by atoms with E-state index in [1.807, 2.05) is 38.1 Å². The zero-order chi connectivity index (χ0) is 19.6. The first kappa shape index (κ1) is 19.2.